The van der Waals surface area contributed by atoms with Gasteiger partial charge in [-0.3, -0.25) is 10.1 Å². The number of nitrogens with zero attached hydrogens (tertiary/aromatic N) is 2. The molecule has 1 aliphatic rings. The number of rotatable bonds is 3. The predicted octanol–water partition coefficient (Wildman–Crippen LogP) is 6.02. The van der Waals surface area contributed by atoms with E-state index in [-0.39, 0.29) is 12.0 Å². The quantitative estimate of drug-likeness (QED) is 0.524. The summed E-state index contributed by atoms with van der Waals surface area (Å²) in [4.78, 5) is 32.7. The van der Waals surface area contributed by atoms with Crippen LogP contribution in [0.15, 0.2) is 42.0 Å². The minimum atomic E-state index is -0.480. The molecule has 1 aromatic carbocycles. The molecule has 1 N–H and O–H groups in total. The van der Waals surface area contributed by atoms with Crippen molar-refractivity contribution in [3.05, 3.63) is 51.7 Å². The van der Waals surface area contributed by atoms with Crippen LogP contribution in [0.25, 0.3) is 16.3 Å². The van der Waals surface area contributed by atoms with E-state index >= 15 is 0 Å². The molecule has 1 aliphatic heterocycles. The lowest BCUT2D eigenvalue weighted by Gasteiger charge is -2.31. The van der Waals surface area contributed by atoms with Gasteiger partial charge in [0, 0.05) is 18.0 Å². The molecule has 0 bridgehead atoms. The SMILES string of the molecule is CC(C)(C)OC(=O)N1CCC(=Cc2ccc(C(=O)Nc3nc4ccccc4s3)s2)CC1. The van der Waals surface area contributed by atoms with Crippen molar-refractivity contribution in [2.45, 2.75) is 39.2 Å². The molecule has 0 saturated carbocycles. The average molecular weight is 456 g/mol. The second kappa shape index (κ2) is 8.80. The van der Waals surface area contributed by atoms with E-state index in [2.05, 4.69) is 16.4 Å². The molecule has 1 saturated heterocycles. The van der Waals surface area contributed by atoms with Crippen LogP contribution in [0.5, 0.6) is 0 Å². The van der Waals surface area contributed by atoms with E-state index in [0.29, 0.717) is 23.1 Å². The number of aromatic nitrogens is 1. The minimum Gasteiger partial charge on any atom is -0.444 e. The molecule has 3 aromatic rings. The lowest BCUT2D eigenvalue weighted by molar-refractivity contribution is 0.0237. The molecule has 31 heavy (non-hydrogen) atoms. The number of para-hydroxylation sites is 1. The number of likely N-dealkylation sites (tertiary alicyclic amines) is 1. The highest BCUT2D eigenvalue weighted by molar-refractivity contribution is 7.22. The number of thiophene rings is 1. The molecule has 2 aromatic heterocycles. The van der Waals surface area contributed by atoms with Crippen molar-refractivity contribution in [3.8, 4) is 0 Å². The van der Waals surface area contributed by atoms with Gasteiger partial charge in [-0.25, -0.2) is 9.78 Å². The Morgan fingerprint density at radius 3 is 2.55 bits per heavy atom. The molecule has 0 spiro atoms. The smallest absolute Gasteiger partial charge is 0.410 e. The Labute approximate surface area is 189 Å². The molecule has 3 heterocycles. The van der Waals surface area contributed by atoms with Crippen LogP contribution in [0.1, 0.15) is 48.2 Å². The molecule has 2 amide bonds. The second-order valence-electron chi connectivity index (χ2n) is 8.41. The highest BCUT2D eigenvalue weighted by Gasteiger charge is 2.24. The summed E-state index contributed by atoms with van der Waals surface area (Å²) in [6.45, 7) is 6.93. The topological polar surface area (TPSA) is 71.5 Å². The zero-order valence-corrected chi connectivity index (χ0v) is 19.4. The van der Waals surface area contributed by atoms with Crippen molar-refractivity contribution in [1.82, 2.24) is 9.88 Å². The van der Waals surface area contributed by atoms with Gasteiger partial charge in [-0.05, 0) is 64.0 Å². The molecular weight excluding hydrogens is 430 g/mol. The summed E-state index contributed by atoms with van der Waals surface area (Å²) in [5, 5.41) is 3.51. The van der Waals surface area contributed by atoms with Gasteiger partial charge in [0.25, 0.3) is 5.91 Å². The fourth-order valence-electron chi connectivity index (χ4n) is 3.29. The first-order valence-corrected chi connectivity index (χ1v) is 11.8. The number of nitrogens with one attached hydrogen (secondary N) is 1. The Hall–Kier alpha value is -2.71. The Morgan fingerprint density at radius 2 is 1.84 bits per heavy atom. The van der Waals surface area contributed by atoms with Gasteiger partial charge >= 0.3 is 6.09 Å². The summed E-state index contributed by atoms with van der Waals surface area (Å²) in [5.41, 5.74) is 1.68. The standard InChI is InChI=1S/C23H25N3O3S2/c1-23(2,3)29-22(28)26-12-10-15(11-13-26)14-16-8-9-19(30-16)20(27)25-21-24-17-6-4-5-7-18(17)31-21/h4-9,14H,10-13H2,1-3H3,(H,24,25,27). The van der Waals surface area contributed by atoms with E-state index in [4.69, 9.17) is 4.74 Å². The molecule has 1 fully saturated rings. The van der Waals surface area contributed by atoms with E-state index in [9.17, 15) is 9.59 Å². The molecule has 8 heteroatoms. The number of hydrogen-bond donors (Lipinski definition) is 1. The third-order valence-electron chi connectivity index (χ3n) is 4.77. The number of piperidine rings is 1. The second-order valence-corrected chi connectivity index (χ2v) is 10.6. The first-order chi connectivity index (χ1) is 14.8. The van der Waals surface area contributed by atoms with Gasteiger partial charge in [0.05, 0.1) is 15.1 Å². The van der Waals surface area contributed by atoms with Gasteiger partial charge in [0.15, 0.2) is 5.13 Å². The van der Waals surface area contributed by atoms with Gasteiger partial charge in [0.2, 0.25) is 0 Å². The Bertz CT molecular complexity index is 1100. The minimum absolute atomic E-state index is 0.145. The first-order valence-electron chi connectivity index (χ1n) is 10.2. The number of thiazole rings is 1. The zero-order chi connectivity index (χ0) is 22.0. The van der Waals surface area contributed by atoms with Crippen molar-refractivity contribution in [2.75, 3.05) is 18.4 Å². The number of anilines is 1. The fraction of sp³-hybridized carbons (Fsp3) is 0.348. The maximum Gasteiger partial charge on any atom is 0.410 e. The van der Waals surface area contributed by atoms with Crippen molar-refractivity contribution in [2.24, 2.45) is 0 Å². The third kappa shape index (κ3) is 5.51. The molecule has 6 nitrogen and oxygen atoms in total. The summed E-state index contributed by atoms with van der Waals surface area (Å²) in [6, 6.07) is 11.6. The fourth-order valence-corrected chi connectivity index (χ4v) is 5.04. The van der Waals surface area contributed by atoms with Gasteiger partial charge < -0.3 is 9.64 Å². The largest absolute Gasteiger partial charge is 0.444 e. The van der Waals surface area contributed by atoms with E-state index in [1.165, 1.54) is 28.2 Å². The van der Waals surface area contributed by atoms with Crippen LogP contribution in [0, 0.1) is 0 Å². The summed E-state index contributed by atoms with van der Waals surface area (Å²) in [6.07, 6.45) is 3.50. The maximum atomic E-state index is 12.6. The molecular formula is C23H25N3O3S2. The lowest BCUT2D eigenvalue weighted by atomic mass is 10.0. The molecule has 0 radical (unpaired) electrons. The summed E-state index contributed by atoms with van der Waals surface area (Å²) < 4.78 is 6.50. The van der Waals surface area contributed by atoms with E-state index in [0.717, 1.165) is 27.9 Å². The van der Waals surface area contributed by atoms with Gasteiger partial charge in [0.1, 0.15) is 5.60 Å². The maximum absolute atomic E-state index is 12.6. The Morgan fingerprint density at radius 1 is 1.10 bits per heavy atom. The summed E-state index contributed by atoms with van der Waals surface area (Å²) in [7, 11) is 0. The van der Waals surface area contributed by atoms with Crippen molar-refractivity contribution in [1.29, 1.82) is 0 Å². The number of hydrogen-bond acceptors (Lipinski definition) is 6. The van der Waals surface area contributed by atoms with Crippen LogP contribution < -0.4 is 5.32 Å². The Balaban J connectivity index is 1.35. The van der Waals surface area contributed by atoms with Crippen LogP contribution in [0.3, 0.4) is 0 Å². The van der Waals surface area contributed by atoms with E-state index < -0.39 is 5.60 Å². The van der Waals surface area contributed by atoms with Crippen LogP contribution in [-0.4, -0.2) is 40.6 Å². The summed E-state index contributed by atoms with van der Waals surface area (Å²) in [5.74, 6) is -0.145. The first kappa shape index (κ1) is 21.5. The molecule has 4 rings (SSSR count). The zero-order valence-electron chi connectivity index (χ0n) is 17.8. The summed E-state index contributed by atoms with van der Waals surface area (Å²) >= 11 is 2.93. The van der Waals surface area contributed by atoms with Gasteiger partial charge in [-0.1, -0.05) is 29.0 Å². The highest BCUT2D eigenvalue weighted by Crippen LogP contribution is 2.28. The van der Waals surface area contributed by atoms with E-state index in [1.807, 2.05) is 57.2 Å². The van der Waals surface area contributed by atoms with Crippen LogP contribution in [0.4, 0.5) is 9.93 Å². The number of carbonyl (C=O) groups is 2. The number of carbonyl (C=O) groups excluding carboxylic acids is 2. The third-order valence-corrected chi connectivity index (χ3v) is 6.75. The highest BCUT2D eigenvalue weighted by atomic mass is 32.1. The van der Waals surface area contributed by atoms with Crippen molar-refractivity contribution in [3.63, 3.8) is 0 Å². The number of ether oxygens (including phenoxy) is 1. The number of fused-ring (bicyclic) bond motifs is 1. The molecule has 0 unspecified atom stereocenters. The van der Waals surface area contributed by atoms with Gasteiger partial charge in [-0.2, -0.15) is 0 Å². The lowest BCUT2D eigenvalue weighted by Crippen LogP contribution is -2.40. The monoisotopic (exact) mass is 455 g/mol. The van der Waals surface area contributed by atoms with Crippen LogP contribution in [-0.2, 0) is 4.74 Å². The van der Waals surface area contributed by atoms with Crippen molar-refractivity contribution >= 4 is 56.1 Å². The average Bonchev–Trinajstić information content (AvgIpc) is 3.33. The number of amides is 2. The molecule has 0 aliphatic carbocycles. The van der Waals surface area contributed by atoms with E-state index in [1.54, 1.807) is 4.90 Å². The molecule has 162 valence electrons. The van der Waals surface area contributed by atoms with Crippen LogP contribution >= 0.6 is 22.7 Å². The van der Waals surface area contributed by atoms with Gasteiger partial charge in [-0.15, -0.1) is 11.3 Å². The Kier molecular flexibility index (Phi) is 6.11. The molecule has 0 atom stereocenters. The normalized spacial score (nSPS) is 14.5. The number of benzene rings is 1. The predicted molar refractivity (Wildman–Crippen MR) is 127 cm³/mol. The van der Waals surface area contributed by atoms with Crippen LogP contribution in [0.2, 0.25) is 0 Å². The van der Waals surface area contributed by atoms with Crippen molar-refractivity contribution < 1.29 is 14.3 Å².